The van der Waals surface area contributed by atoms with Gasteiger partial charge in [0.15, 0.2) is 12.2 Å². The third kappa shape index (κ3) is 4.12. The number of carbonyl (C=O) groups is 3. The summed E-state index contributed by atoms with van der Waals surface area (Å²) in [4.78, 5) is 45.7. The van der Waals surface area contributed by atoms with Crippen molar-refractivity contribution >= 4 is 17.6 Å². The molecule has 2 heterocycles. The third-order valence-corrected chi connectivity index (χ3v) is 5.55. The van der Waals surface area contributed by atoms with Crippen LogP contribution in [0.25, 0.3) is 11.3 Å². The normalized spacial score (nSPS) is 16.0. The van der Waals surface area contributed by atoms with E-state index in [1.165, 1.54) is 24.5 Å². The lowest BCUT2D eigenvalue weighted by atomic mass is 10.0. The van der Waals surface area contributed by atoms with Crippen molar-refractivity contribution in [1.82, 2.24) is 14.8 Å². The molecular formula is C24H23N3O5. The Kier molecular flexibility index (Phi) is 6.02. The van der Waals surface area contributed by atoms with E-state index in [9.17, 15) is 14.4 Å². The summed E-state index contributed by atoms with van der Waals surface area (Å²) in [6.07, 6.45) is 2.85. The molecule has 0 aliphatic carbocycles. The zero-order valence-corrected chi connectivity index (χ0v) is 17.9. The van der Waals surface area contributed by atoms with E-state index >= 15 is 0 Å². The fourth-order valence-corrected chi connectivity index (χ4v) is 3.85. The highest BCUT2D eigenvalue weighted by atomic mass is 16.5. The minimum absolute atomic E-state index is 0.0800. The lowest BCUT2D eigenvalue weighted by molar-refractivity contribution is -0.130. The van der Waals surface area contributed by atoms with Gasteiger partial charge in [0.2, 0.25) is 0 Å². The minimum atomic E-state index is -0.623. The fraction of sp³-hybridized carbons (Fsp3) is 0.250. The number of hydrogen-bond acceptors (Lipinski definition) is 6. The monoisotopic (exact) mass is 433 g/mol. The number of methoxy groups -OCH3 is 1. The second kappa shape index (κ2) is 9.05. The molecule has 1 aromatic heterocycles. The van der Waals surface area contributed by atoms with Gasteiger partial charge in [-0.3, -0.25) is 14.4 Å². The quantitative estimate of drug-likeness (QED) is 0.454. The van der Waals surface area contributed by atoms with Gasteiger partial charge in [-0.25, -0.2) is 4.98 Å². The van der Waals surface area contributed by atoms with Crippen LogP contribution in [0.4, 0.5) is 0 Å². The molecule has 0 radical (unpaired) electrons. The van der Waals surface area contributed by atoms with Gasteiger partial charge < -0.3 is 19.0 Å². The zero-order chi connectivity index (χ0) is 22.7. The average Bonchev–Trinajstić information content (AvgIpc) is 3.37. The lowest BCUT2D eigenvalue weighted by Crippen LogP contribution is -2.56. The van der Waals surface area contributed by atoms with Crippen LogP contribution in [-0.4, -0.2) is 65.2 Å². The molecule has 8 heteroatoms. The number of benzene rings is 2. The summed E-state index contributed by atoms with van der Waals surface area (Å²) in [6.45, 7) is 2.85. The van der Waals surface area contributed by atoms with E-state index in [-0.39, 0.29) is 24.1 Å². The Morgan fingerprint density at radius 2 is 1.84 bits per heavy atom. The van der Waals surface area contributed by atoms with Crippen LogP contribution in [0.5, 0.6) is 5.75 Å². The summed E-state index contributed by atoms with van der Waals surface area (Å²) in [5.41, 5.74) is 1.47. The maximum Gasteiger partial charge on any atom is 0.295 e. The van der Waals surface area contributed by atoms with Gasteiger partial charge in [0.05, 0.1) is 18.9 Å². The van der Waals surface area contributed by atoms with Crippen LogP contribution in [0, 0.1) is 0 Å². The molecule has 0 bridgehead atoms. The minimum Gasteiger partial charge on any atom is -0.496 e. The maximum absolute atomic E-state index is 13.0. The Labute approximate surface area is 185 Å². The molecular weight excluding hydrogens is 410 g/mol. The highest BCUT2D eigenvalue weighted by Gasteiger charge is 2.33. The van der Waals surface area contributed by atoms with Crippen LogP contribution in [0.15, 0.2) is 65.5 Å². The molecule has 1 aliphatic rings. The van der Waals surface area contributed by atoms with Crippen LogP contribution < -0.4 is 4.74 Å². The number of rotatable bonds is 5. The number of piperazine rings is 1. The molecule has 164 valence electrons. The zero-order valence-electron chi connectivity index (χ0n) is 17.9. The Hall–Kier alpha value is -3.94. The number of carbonyl (C=O) groups excluding carboxylic acids is 3. The highest BCUT2D eigenvalue weighted by Crippen LogP contribution is 2.31. The molecule has 0 saturated carbocycles. The first-order chi connectivity index (χ1) is 15.5. The molecule has 0 N–H and O–H groups in total. The number of oxazole rings is 1. The van der Waals surface area contributed by atoms with E-state index < -0.39 is 11.7 Å². The first-order valence-corrected chi connectivity index (χ1v) is 10.3. The Bertz CT molecular complexity index is 1130. The van der Waals surface area contributed by atoms with Gasteiger partial charge >= 0.3 is 0 Å². The van der Waals surface area contributed by atoms with Gasteiger partial charge in [0.25, 0.3) is 17.6 Å². The number of ketones is 1. The summed E-state index contributed by atoms with van der Waals surface area (Å²) in [5.74, 6) is -0.392. The van der Waals surface area contributed by atoms with Crippen molar-refractivity contribution in [3.05, 3.63) is 72.2 Å². The van der Waals surface area contributed by atoms with E-state index in [0.717, 1.165) is 0 Å². The van der Waals surface area contributed by atoms with Crippen molar-refractivity contribution in [3.8, 4) is 17.1 Å². The van der Waals surface area contributed by atoms with E-state index in [4.69, 9.17) is 9.15 Å². The molecule has 1 atom stereocenters. The molecule has 1 fully saturated rings. The van der Waals surface area contributed by atoms with Crippen molar-refractivity contribution in [2.24, 2.45) is 0 Å². The summed E-state index contributed by atoms with van der Waals surface area (Å²) in [5, 5.41) is 0. The molecule has 0 spiro atoms. The van der Waals surface area contributed by atoms with E-state index in [1.54, 1.807) is 35.4 Å². The Morgan fingerprint density at radius 1 is 1.06 bits per heavy atom. The molecule has 3 aromatic rings. The molecule has 1 saturated heterocycles. The number of hydrogen-bond donors (Lipinski definition) is 0. The van der Waals surface area contributed by atoms with E-state index in [0.29, 0.717) is 35.7 Å². The molecule has 2 amide bonds. The van der Waals surface area contributed by atoms with Crippen molar-refractivity contribution < 1.29 is 23.5 Å². The van der Waals surface area contributed by atoms with Crippen LogP contribution in [-0.2, 0) is 4.79 Å². The van der Waals surface area contributed by atoms with Gasteiger partial charge in [0, 0.05) is 36.8 Å². The first-order valence-electron chi connectivity index (χ1n) is 10.3. The molecule has 1 aliphatic heterocycles. The predicted octanol–water partition coefficient (Wildman–Crippen LogP) is 2.91. The van der Waals surface area contributed by atoms with E-state index in [1.807, 2.05) is 25.1 Å². The lowest BCUT2D eigenvalue weighted by Gasteiger charge is -2.39. The van der Waals surface area contributed by atoms with Crippen molar-refractivity contribution in [3.63, 3.8) is 0 Å². The number of amides is 2. The third-order valence-electron chi connectivity index (χ3n) is 5.55. The number of Topliss-reactive ketones (excluding diaryl/α,β-unsaturated/α-hetero) is 1. The topological polar surface area (TPSA) is 93.0 Å². The summed E-state index contributed by atoms with van der Waals surface area (Å²) in [7, 11) is 1.48. The molecule has 8 nitrogen and oxygen atoms in total. The summed E-state index contributed by atoms with van der Waals surface area (Å²) in [6, 6.07) is 13.5. The van der Waals surface area contributed by atoms with Crippen molar-refractivity contribution in [2.75, 3.05) is 26.7 Å². The Morgan fingerprint density at radius 3 is 2.50 bits per heavy atom. The van der Waals surface area contributed by atoms with Gasteiger partial charge in [-0.2, -0.15) is 0 Å². The van der Waals surface area contributed by atoms with Crippen LogP contribution in [0.1, 0.15) is 27.6 Å². The van der Waals surface area contributed by atoms with E-state index in [2.05, 4.69) is 4.98 Å². The second-order valence-corrected chi connectivity index (χ2v) is 7.57. The first kappa shape index (κ1) is 21.3. The molecule has 4 rings (SSSR count). The summed E-state index contributed by atoms with van der Waals surface area (Å²) < 4.78 is 10.7. The number of nitrogens with zero attached hydrogens (tertiary/aromatic N) is 3. The fourth-order valence-electron chi connectivity index (χ4n) is 3.85. The number of aromatic nitrogens is 1. The predicted molar refractivity (Wildman–Crippen MR) is 116 cm³/mol. The smallest absolute Gasteiger partial charge is 0.295 e. The molecule has 2 aromatic carbocycles. The maximum atomic E-state index is 13.0. The van der Waals surface area contributed by atoms with Crippen LogP contribution in [0.2, 0.25) is 0 Å². The van der Waals surface area contributed by atoms with Gasteiger partial charge in [-0.1, -0.05) is 18.2 Å². The summed E-state index contributed by atoms with van der Waals surface area (Å²) >= 11 is 0. The average molecular weight is 433 g/mol. The van der Waals surface area contributed by atoms with Gasteiger partial charge in [-0.05, 0) is 37.3 Å². The molecule has 32 heavy (non-hydrogen) atoms. The Balaban J connectivity index is 1.46. The second-order valence-electron chi connectivity index (χ2n) is 7.57. The van der Waals surface area contributed by atoms with Gasteiger partial charge in [0.1, 0.15) is 5.75 Å². The van der Waals surface area contributed by atoms with Crippen LogP contribution in [0.3, 0.4) is 0 Å². The largest absolute Gasteiger partial charge is 0.496 e. The number of ether oxygens (including phenoxy) is 1. The van der Waals surface area contributed by atoms with Gasteiger partial charge in [-0.15, -0.1) is 0 Å². The van der Waals surface area contributed by atoms with Crippen molar-refractivity contribution in [2.45, 2.75) is 13.0 Å². The standard InChI is InChI=1S/C24H23N3O5/c1-16-14-26(23(29)17-6-4-3-5-7-17)10-11-27(16)24(30)22(28)18-8-9-19(20(12-18)31-2)21-13-25-15-32-21/h3-9,12-13,15-16H,10-11,14H2,1-2H3/t16-/m1/s1. The molecule has 0 unspecified atom stereocenters. The van der Waals surface area contributed by atoms with Crippen molar-refractivity contribution in [1.29, 1.82) is 0 Å². The highest BCUT2D eigenvalue weighted by molar-refractivity contribution is 6.42. The van der Waals surface area contributed by atoms with Crippen LogP contribution >= 0.6 is 0 Å². The SMILES string of the molecule is COc1cc(C(=O)C(=O)N2CCN(C(=O)c3ccccc3)C[C@H]2C)ccc1-c1cnco1.